The van der Waals surface area contributed by atoms with Crippen LogP contribution in [-0.4, -0.2) is 58.1 Å². The van der Waals surface area contributed by atoms with Gasteiger partial charge in [0.05, 0.1) is 43.4 Å². The molecule has 262 valence electrons. The van der Waals surface area contributed by atoms with Gasteiger partial charge in [-0.2, -0.15) is 0 Å². The summed E-state index contributed by atoms with van der Waals surface area (Å²) in [6, 6.07) is 0. The van der Waals surface area contributed by atoms with E-state index in [2.05, 4.69) is 64.6 Å². The van der Waals surface area contributed by atoms with E-state index < -0.39 is 17.1 Å². The first-order valence-corrected chi connectivity index (χ1v) is 18.4. The van der Waals surface area contributed by atoms with E-state index in [1.54, 1.807) is 0 Å². The standard InChI is InChI=1S/C39H60N2O6/c1-10-30-40-18-20-41(30)19-11-21-46-34(44)39-15-12-25(24(2)3)32(39)26-22-27(42)33-37(7,36(26,6)16-17-39)14-13-28-35(4,5)47-29(38(28,33)8)23-31(43)45-9/h18,20,25-29,32-33,42H,2,10-17,19,21-23H2,1,3-9H3/t25-,26+,27+,28?,29?,32+,33-,36+,37+,38+,39-/m0/s1. The average Bonchev–Trinajstić information content (AvgIpc) is 3.69. The molecule has 4 saturated carbocycles. The molecule has 1 aliphatic heterocycles. The second-order valence-electron chi connectivity index (χ2n) is 17.2. The fourth-order valence-corrected chi connectivity index (χ4v) is 12.9. The van der Waals surface area contributed by atoms with Gasteiger partial charge in [-0.25, -0.2) is 4.98 Å². The van der Waals surface area contributed by atoms with E-state index in [1.165, 1.54) is 7.11 Å². The molecule has 0 radical (unpaired) electrons. The van der Waals surface area contributed by atoms with Crippen molar-refractivity contribution in [3.63, 3.8) is 0 Å². The lowest BCUT2D eigenvalue weighted by Gasteiger charge is -2.71. The summed E-state index contributed by atoms with van der Waals surface area (Å²) in [5.41, 5.74) is -0.488. The SMILES string of the molecule is C=C(C)[C@@H]1CC[C@]2(C(=O)OCCCn3ccnc3CC)CC[C@]3(C)[C@H](C[C@@H](O)[C@@H]4[C@@]5(C)C(CC(=O)OC)OC(C)(C)C5CC[C@]43C)[C@@H]12. The Kier molecular flexibility index (Phi) is 8.85. The molecular weight excluding hydrogens is 592 g/mol. The van der Waals surface area contributed by atoms with E-state index in [0.717, 1.165) is 69.3 Å². The van der Waals surface area contributed by atoms with Gasteiger partial charge in [-0.3, -0.25) is 9.59 Å². The van der Waals surface area contributed by atoms with E-state index in [1.807, 2.05) is 12.4 Å². The minimum absolute atomic E-state index is 0.0354. The van der Waals surface area contributed by atoms with E-state index in [-0.39, 0.29) is 70.3 Å². The van der Waals surface area contributed by atoms with Crippen molar-refractivity contribution in [2.75, 3.05) is 13.7 Å². The fourth-order valence-electron chi connectivity index (χ4n) is 12.9. The maximum atomic E-state index is 14.3. The summed E-state index contributed by atoms with van der Waals surface area (Å²) in [7, 11) is 1.44. The predicted molar refractivity (Wildman–Crippen MR) is 180 cm³/mol. The predicted octanol–water partition coefficient (Wildman–Crippen LogP) is 6.93. The molecule has 5 aliphatic rings. The van der Waals surface area contributed by atoms with Crippen LogP contribution in [0.2, 0.25) is 0 Å². The first kappa shape index (κ1) is 34.7. The second-order valence-corrected chi connectivity index (χ2v) is 17.2. The smallest absolute Gasteiger partial charge is 0.312 e. The highest BCUT2D eigenvalue weighted by molar-refractivity contribution is 5.78. The zero-order valence-corrected chi connectivity index (χ0v) is 30.3. The number of aliphatic hydroxyl groups is 1. The van der Waals surface area contributed by atoms with Crippen molar-refractivity contribution in [2.24, 2.45) is 51.2 Å². The first-order chi connectivity index (χ1) is 22.1. The Morgan fingerprint density at radius 3 is 2.53 bits per heavy atom. The largest absolute Gasteiger partial charge is 0.469 e. The number of aliphatic hydroxyl groups excluding tert-OH is 1. The van der Waals surface area contributed by atoms with Gasteiger partial charge in [0.2, 0.25) is 0 Å². The number of carbonyl (C=O) groups excluding carboxylic acids is 2. The highest BCUT2D eigenvalue weighted by atomic mass is 16.5. The molecule has 4 aliphatic carbocycles. The maximum Gasteiger partial charge on any atom is 0.312 e. The molecule has 1 aromatic rings. The number of fused-ring (bicyclic) bond motifs is 7. The lowest BCUT2D eigenvalue weighted by atomic mass is 9.33. The molecule has 0 aromatic carbocycles. The van der Waals surface area contributed by atoms with E-state index in [0.29, 0.717) is 13.0 Å². The highest BCUT2D eigenvalue weighted by Crippen LogP contribution is 2.77. The van der Waals surface area contributed by atoms with Gasteiger partial charge < -0.3 is 23.9 Å². The molecule has 2 unspecified atom stereocenters. The summed E-state index contributed by atoms with van der Waals surface area (Å²) < 4.78 is 20.2. The lowest BCUT2D eigenvalue weighted by molar-refractivity contribution is -0.255. The Hall–Kier alpha value is -2.19. The van der Waals surface area contributed by atoms with Gasteiger partial charge in [-0.1, -0.05) is 39.8 Å². The van der Waals surface area contributed by atoms with Gasteiger partial charge in [0.15, 0.2) is 0 Å². The Labute approximate surface area is 282 Å². The van der Waals surface area contributed by atoms with Gasteiger partial charge in [0.25, 0.3) is 0 Å². The number of aromatic nitrogens is 2. The molecular formula is C39H60N2O6. The van der Waals surface area contributed by atoms with Crippen molar-refractivity contribution < 1.29 is 28.9 Å². The van der Waals surface area contributed by atoms with Crippen molar-refractivity contribution in [2.45, 2.75) is 137 Å². The average molecular weight is 653 g/mol. The van der Waals surface area contributed by atoms with Crippen LogP contribution >= 0.6 is 0 Å². The third-order valence-electron chi connectivity index (χ3n) is 15.1. The van der Waals surface area contributed by atoms with Crippen molar-refractivity contribution in [3.8, 4) is 0 Å². The molecule has 47 heavy (non-hydrogen) atoms. The number of esters is 2. The quantitative estimate of drug-likeness (QED) is 0.176. The number of hydrogen-bond acceptors (Lipinski definition) is 7. The number of carbonyl (C=O) groups is 2. The summed E-state index contributed by atoms with van der Waals surface area (Å²) in [4.78, 5) is 31.4. The summed E-state index contributed by atoms with van der Waals surface area (Å²) in [6.45, 7) is 21.4. The molecule has 0 spiro atoms. The molecule has 5 fully saturated rings. The third-order valence-corrected chi connectivity index (χ3v) is 15.1. The minimum atomic E-state index is -0.565. The molecule has 0 bridgehead atoms. The maximum absolute atomic E-state index is 14.3. The lowest BCUT2D eigenvalue weighted by Crippen LogP contribution is -2.69. The van der Waals surface area contributed by atoms with Crippen LogP contribution in [0, 0.1) is 51.2 Å². The number of allylic oxidation sites excluding steroid dienone is 1. The zero-order chi connectivity index (χ0) is 34.2. The Bertz CT molecular complexity index is 1390. The third kappa shape index (κ3) is 5.00. The van der Waals surface area contributed by atoms with Gasteiger partial charge in [-0.15, -0.1) is 0 Å². The van der Waals surface area contributed by atoms with E-state index in [4.69, 9.17) is 14.2 Å². The van der Waals surface area contributed by atoms with Crippen LogP contribution in [0.25, 0.3) is 0 Å². The Morgan fingerprint density at radius 2 is 1.85 bits per heavy atom. The number of aryl methyl sites for hydroxylation is 2. The zero-order valence-electron chi connectivity index (χ0n) is 30.3. The van der Waals surface area contributed by atoms with Crippen LogP contribution < -0.4 is 0 Å². The molecule has 1 saturated heterocycles. The number of methoxy groups -OCH3 is 1. The molecule has 6 rings (SSSR count). The van der Waals surface area contributed by atoms with Crippen molar-refractivity contribution in [1.82, 2.24) is 9.55 Å². The Balaban J connectivity index is 1.30. The number of ether oxygens (including phenoxy) is 3. The van der Waals surface area contributed by atoms with Gasteiger partial charge >= 0.3 is 11.9 Å². The highest BCUT2D eigenvalue weighted by Gasteiger charge is 2.76. The molecule has 1 N–H and O–H groups in total. The number of nitrogens with zero attached hydrogens (tertiary/aromatic N) is 2. The van der Waals surface area contributed by atoms with E-state index >= 15 is 0 Å². The van der Waals surface area contributed by atoms with Gasteiger partial charge in [-0.05, 0) is 113 Å². The number of hydrogen-bond donors (Lipinski definition) is 1. The topological polar surface area (TPSA) is 99.9 Å². The van der Waals surface area contributed by atoms with Crippen LogP contribution in [0.4, 0.5) is 0 Å². The molecule has 8 heteroatoms. The molecule has 1 aromatic heterocycles. The first-order valence-electron chi connectivity index (χ1n) is 18.4. The second kappa shape index (κ2) is 12.0. The fraction of sp³-hybridized carbons (Fsp3) is 0.821. The van der Waals surface area contributed by atoms with Gasteiger partial charge in [0, 0.05) is 30.8 Å². The summed E-state index contributed by atoms with van der Waals surface area (Å²) in [6.07, 6.45) is 10.9. The summed E-state index contributed by atoms with van der Waals surface area (Å²) in [5.74, 6) is 1.41. The van der Waals surface area contributed by atoms with Crippen LogP contribution in [0.15, 0.2) is 24.5 Å². The Morgan fingerprint density at radius 1 is 1.11 bits per heavy atom. The van der Waals surface area contributed by atoms with E-state index in [9.17, 15) is 14.7 Å². The van der Waals surface area contributed by atoms with Crippen LogP contribution in [-0.2, 0) is 36.8 Å². The normalized spacial score (nSPS) is 43.3. The minimum Gasteiger partial charge on any atom is -0.469 e. The molecule has 2 heterocycles. The summed E-state index contributed by atoms with van der Waals surface area (Å²) in [5, 5.41) is 12.5. The van der Waals surface area contributed by atoms with Crippen LogP contribution in [0.5, 0.6) is 0 Å². The van der Waals surface area contributed by atoms with Crippen molar-refractivity contribution >= 4 is 11.9 Å². The monoisotopic (exact) mass is 652 g/mol. The molecule has 11 atom stereocenters. The van der Waals surface area contributed by atoms with Crippen molar-refractivity contribution in [1.29, 1.82) is 0 Å². The molecule has 0 amide bonds. The molecule has 8 nitrogen and oxygen atoms in total. The number of rotatable bonds is 9. The van der Waals surface area contributed by atoms with Crippen LogP contribution in [0.1, 0.15) is 112 Å². The van der Waals surface area contributed by atoms with Crippen LogP contribution in [0.3, 0.4) is 0 Å². The number of imidazole rings is 1. The summed E-state index contributed by atoms with van der Waals surface area (Å²) >= 11 is 0. The van der Waals surface area contributed by atoms with Crippen molar-refractivity contribution in [3.05, 3.63) is 30.4 Å². The van der Waals surface area contributed by atoms with Gasteiger partial charge in [0.1, 0.15) is 5.82 Å².